The quantitative estimate of drug-likeness (QED) is 0.380. The van der Waals surface area contributed by atoms with E-state index >= 15 is 0 Å². The van der Waals surface area contributed by atoms with Crippen molar-refractivity contribution in [1.82, 2.24) is 8.87 Å². The number of rotatable bonds is 7. The third-order valence-electron chi connectivity index (χ3n) is 5.51. The lowest BCUT2D eigenvalue weighted by molar-refractivity contribution is -0.121. The predicted octanol–water partition coefficient (Wildman–Crippen LogP) is 4.98. The van der Waals surface area contributed by atoms with Gasteiger partial charge in [0.25, 0.3) is 5.91 Å². The molecule has 7 nitrogen and oxygen atoms in total. The molecular weight excluding hydrogens is 541 g/mol. The summed E-state index contributed by atoms with van der Waals surface area (Å²) in [5.41, 5.74) is 0.669. The zero-order chi connectivity index (χ0) is 24.5. The molecule has 0 N–H and O–H groups in total. The van der Waals surface area contributed by atoms with Crippen LogP contribution in [0, 0.1) is 0 Å². The molecule has 0 bridgehead atoms. The minimum absolute atomic E-state index is 0.0869. The van der Waals surface area contributed by atoms with Gasteiger partial charge in [0, 0.05) is 24.7 Å². The predicted molar refractivity (Wildman–Crippen MR) is 135 cm³/mol. The summed E-state index contributed by atoms with van der Waals surface area (Å²) in [4.78, 5) is 18.1. The first-order valence-electron chi connectivity index (χ1n) is 10.6. The van der Waals surface area contributed by atoms with Gasteiger partial charge in [-0.15, -0.1) is 0 Å². The van der Waals surface area contributed by atoms with Gasteiger partial charge in [0.2, 0.25) is 10.0 Å². The molecule has 1 aliphatic heterocycles. The normalized spacial score (nSPS) is 17.6. The van der Waals surface area contributed by atoms with Crippen LogP contribution in [0.1, 0.15) is 19.8 Å². The Bertz CT molecular complexity index is 1380. The maximum absolute atomic E-state index is 13.3. The van der Waals surface area contributed by atoms with Gasteiger partial charge < -0.3 is 9.30 Å². The second-order valence-electron chi connectivity index (χ2n) is 7.62. The molecule has 182 valence electrons. The molecule has 1 unspecified atom stereocenters. The number of amides is 1. The number of sulfonamides is 1. The van der Waals surface area contributed by atoms with Gasteiger partial charge in [-0.1, -0.05) is 46.1 Å². The molecule has 0 aliphatic carbocycles. The van der Waals surface area contributed by atoms with Crippen LogP contribution < -0.4 is 4.80 Å². The van der Waals surface area contributed by atoms with E-state index in [4.69, 9.17) is 39.5 Å². The number of halogens is 3. The highest BCUT2D eigenvalue weighted by atomic mass is 35.5. The Morgan fingerprint density at radius 2 is 1.85 bits per heavy atom. The molecule has 2 heterocycles. The highest BCUT2D eigenvalue weighted by Gasteiger charge is 2.39. The first-order chi connectivity index (χ1) is 16.2. The summed E-state index contributed by atoms with van der Waals surface area (Å²) in [5, 5.41) is 1.41. The Balaban J connectivity index is 1.73. The molecular formula is C22H22Cl3N3O4S2. The molecule has 4 rings (SSSR count). The van der Waals surface area contributed by atoms with E-state index < -0.39 is 22.0 Å². The number of carbonyl (C=O) groups excluding carboxylic acids is 1. The van der Waals surface area contributed by atoms with E-state index in [2.05, 4.69) is 4.99 Å². The Kier molecular flexibility index (Phi) is 8.03. The molecule has 1 amide bonds. The minimum atomic E-state index is -3.88. The first kappa shape index (κ1) is 25.6. The highest BCUT2D eigenvalue weighted by Crippen LogP contribution is 2.32. The number of hydrogen-bond acceptors (Lipinski definition) is 5. The fraction of sp³-hybridized carbons (Fsp3) is 0.364. The molecule has 0 saturated carbocycles. The molecule has 2 aromatic carbocycles. The summed E-state index contributed by atoms with van der Waals surface area (Å²) < 4.78 is 35.7. The van der Waals surface area contributed by atoms with Gasteiger partial charge in [-0.05, 0) is 56.2 Å². The van der Waals surface area contributed by atoms with E-state index in [9.17, 15) is 13.2 Å². The van der Waals surface area contributed by atoms with Gasteiger partial charge in [0.1, 0.15) is 6.04 Å². The topological polar surface area (TPSA) is 81.0 Å². The molecule has 34 heavy (non-hydrogen) atoms. The molecule has 1 saturated heterocycles. The smallest absolute Gasteiger partial charge is 0.266 e. The molecule has 0 radical (unpaired) electrons. The largest absolute Gasteiger partial charge is 0.380 e. The third kappa shape index (κ3) is 5.06. The van der Waals surface area contributed by atoms with Crippen LogP contribution in [0.15, 0.2) is 46.3 Å². The summed E-state index contributed by atoms with van der Waals surface area (Å²) in [7, 11) is -3.88. The van der Waals surface area contributed by atoms with Gasteiger partial charge in [0.05, 0.1) is 31.8 Å². The van der Waals surface area contributed by atoms with Crippen LogP contribution in [0.3, 0.4) is 0 Å². The lowest BCUT2D eigenvalue weighted by Crippen LogP contribution is -2.40. The van der Waals surface area contributed by atoms with E-state index in [-0.39, 0.29) is 11.4 Å². The second kappa shape index (κ2) is 10.7. The maximum atomic E-state index is 13.3. The van der Waals surface area contributed by atoms with Crippen molar-refractivity contribution in [3.63, 3.8) is 0 Å². The van der Waals surface area contributed by atoms with Crippen molar-refractivity contribution in [2.24, 2.45) is 4.99 Å². The van der Waals surface area contributed by atoms with Crippen molar-refractivity contribution in [3.8, 4) is 0 Å². The summed E-state index contributed by atoms with van der Waals surface area (Å²) >= 11 is 20.0. The molecule has 1 fully saturated rings. The Hall–Kier alpha value is -1.46. The summed E-state index contributed by atoms with van der Waals surface area (Å²) in [6, 6.07) is 8.39. The monoisotopic (exact) mass is 561 g/mol. The number of aromatic nitrogens is 1. The van der Waals surface area contributed by atoms with E-state index in [1.54, 1.807) is 16.7 Å². The molecule has 1 aliphatic rings. The van der Waals surface area contributed by atoms with Gasteiger partial charge in [0.15, 0.2) is 4.80 Å². The minimum Gasteiger partial charge on any atom is -0.380 e. The Labute approximate surface area is 216 Å². The lowest BCUT2D eigenvalue weighted by Gasteiger charge is -2.21. The number of hydrogen-bond donors (Lipinski definition) is 0. The standard InChI is InChI=1S/C22H22Cl3N3O4S2/c1-2-32-13-12-27-19-16(24)9-10-17(25)20(19)33-22(27)26-21(29)18-4-3-11-28(18)34(30,31)15-7-5-14(23)6-8-15/h5-10,18H,2-4,11-13H2,1H3. The van der Waals surface area contributed by atoms with Gasteiger partial charge >= 0.3 is 0 Å². The number of thiazole rings is 1. The van der Waals surface area contributed by atoms with Crippen LogP contribution >= 0.6 is 46.1 Å². The molecule has 0 spiro atoms. The Morgan fingerprint density at radius 1 is 1.15 bits per heavy atom. The molecule has 3 aromatic rings. The van der Waals surface area contributed by atoms with E-state index in [1.807, 2.05) is 6.92 Å². The third-order valence-corrected chi connectivity index (χ3v) is 9.52. The van der Waals surface area contributed by atoms with Gasteiger partial charge in [-0.3, -0.25) is 4.79 Å². The SMILES string of the molecule is CCOCCn1c(=NC(=O)C2CCCN2S(=O)(=O)c2ccc(Cl)cc2)sc2c(Cl)ccc(Cl)c21. The number of carbonyl (C=O) groups is 1. The van der Waals surface area contributed by atoms with Crippen molar-refractivity contribution in [3.05, 3.63) is 56.3 Å². The summed E-state index contributed by atoms with van der Waals surface area (Å²) in [6.07, 6.45) is 0.952. The fourth-order valence-electron chi connectivity index (χ4n) is 3.89. The number of fused-ring (bicyclic) bond motifs is 1. The van der Waals surface area contributed by atoms with Crippen molar-refractivity contribution in [2.45, 2.75) is 37.2 Å². The zero-order valence-electron chi connectivity index (χ0n) is 18.2. The van der Waals surface area contributed by atoms with Gasteiger partial charge in [-0.25, -0.2) is 8.42 Å². The number of nitrogens with zero attached hydrogens (tertiary/aromatic N) is 3. The van der Waals surface area contributed by atoms with Crippen molar-refractivity contribution in [2.75, 3.05) is 19.8 Å². The average molecular weight is 563 g/mol. The summed E-state index contributed by atoms with van der Waals surface area (Å²) in [6.45, 7) is 3.49. The molecule has 1 aromatic heterocycles. The maximum Gasteiger partial charge on any atom is 0.266 e. The van der Waals surface area contributed by atoms with Crippen LogP contribution in [-0.4, -0.2) is 49.0 Å². The number of ether oxygens (including phenoxy) is 1. The van der Waals surface area contributed by atoms with E-state index in [0.29, 0.717) is 62.7 Å². The highest BCUT2D eigenvalue weighted by molar-refractivity contribution is 7.89. The van der Waals surface area contributed by atoms with E-state index in [1.165, 1.54) is 39.9 Å². The Morgan fingerprint density at radius 3 is 2.56 bits per heavy atom. The van der Waals surface area contributed by atoms with Crippen LogP contribution in [0.5, 0.6) is 0 Å². The average Bonchev–Trinajstić information content (AvgIpc) is 3.44. The van der Waals surface area contributed by atoms with Crippen LogP contribution in [-0.2, 0) is 26.1 Å². The van der Waals surface area contributed by atoms with E-state index in [0.717, 1.165) is 0 Å². The van der Waals surface area contributed by atoms with Crippen LogP contribution in [0.25, 0.3) is 10.2 Å². The molecule has 12 heteroatoms. The van der Waals surface area contributed by atoms with Crippen LogP contribution in [0.4, 0.5) is 0 Å². The van der Waals surface area contributed by atoms with Crippen molar-refractivity contribution in [1.29, 1.82) is 0 Å². The van der Waals surface area contributed by atoms with Crippen molar-refractivity contribution >= 4 is 72.3 Å². The summed E-state index contributed by atoms with van der Waals surface area (Å²) in [5.74, 6) is -0.529. The van der Waals surface area contributed by atoms with Crippen molar-refractivity contribution < 1.29 is 17.9 Å². The number of benzene rings is 2. The first-order valence-corrected chi connectivity index (χ1v) is 14.0. The zero-order valence-corrected chi connectivity index (χ0v) is 22.1. The fourth-order valence-corrected chi connectivity index (χ4v) is 7.34. The lowest BCUT2D eigenvalue weighted by atomic mass is 10.2. The van der Waals surface area contributed by atoms with Gasteiger partial charge in [-0.2, -0.15) is 9.30 Å². The second-order valence-corrected chi connectivity index (χ2v) is 11.7. The van der Waals surface area contributed by atoms with Crippen LogP contribution in [0.2, 0.25) is 15.1 Å². The molecule has 1 atom stereocenters.